The maximum absolute atomic E-state index is 13.4. The number of rotatable bonds is 3. The van der Waals surface area contributed by atoms with Gasteiger partial charge in [0.15, 0.2) is 0 Å². The Bertz CT molecular complexity index is 679. The number of amides is 2. The Morgan fingerprint density at radius 1 is 1.23 bits per heavy atom. The molecular weight excluding hydrogens is 475 g/mol. The number of carbonyl (C=O) groups is 2. The molecule has 118 valence electrons. The minimum atomic E-state index is -3.07. The second-order valence-corrected chi connectivity index (χ2v) is 6.81. The second-order valence-electron chi connectivity index (χ2n) is 4.70. The van der Waals surface area contributed by atoms with Crippen molar-refractivity contribution in [3.8, 4) is 0 Å². The van der Waals surface area contributed by atoms with E-state index in [1.807, 2.05) is 0 Å². The van der Waals surface area contributed by atoms with Crippen LogP contribution in [0.25, 0.3) is 0 Å². The molecule has 2 amide bonds. The molecule has 1 aliphatic rings. The van der Waals surface area contributed by atoms with E-state index in [9.17, 15) is 18.4 Å². The molecule has 2 rings (SSSR count). The Labute approximate surface area is 147 Å². The summed E-state index contributed by atoms with van der Waals surface area (Å²) >= 11 is 4.00. The van der Waals surface area contributed by atoms with Crippen LogP contribution in [-0.2, 0) is 13.5 Å². The summed E-state index contributed by atoms with van der Waals surface area (Å²) in [5.74, 6) is -0.710. The molecule has 0 bridgehead atoms. The molecule has 0 spiro atoms. The molecule has 9 heteroatoms. The molecule has 1 aliphatic heterocycles. The maximum atomic E-state index is 13.4. The molecule has 1 aromatic heterocycles. The number of aromatic nitrogens is 1. The van der Waals surface area contributed by atoms with E-state index in [1.165, 1.54) is 24.2 Å². The average Bonchev–Trinajstić information content (AvgIpc) is 2.61. The third-order valence-corrected chi connectivity index (χ3v) is 4.55. The molecular formula is C13H11BrF2IN3O2. The van der Waals surface area contributed by atoms with Crippen molar-refractivity contribution in [2.45, 2.75) is 17.8 Å². The molecule has 0 aromatic carbocycles. The Balaban J connectivity index is 2.36. The van der Waals surface area contributed by atoms with Gasteiger partial charge < -0.3 is 0 Å². The van der Waals surface area contributed by atoms with E-state index in [0.717, 1.165) is 27.6 Å². The summed E-state index contributed by atoms with van der Waals surface area (Å²) in [5.41, 5.74) is 0.424. The lowest BCUT2D eigenvalue weighted by molar-refractivity contribution is -0.138. The van der Waals surface area contributed by atoms with E-state index < -0.39 is 15.7 Å². The Morgan fingerprint density at radius 2 is 1.73 bits per heavy atom. The van der Waals surface area contributed by atoms with Gasteiger partial charge in [-0.3, -0.25) is 14.6 Å². The molecule has 0 saturated carbocycles. The summed E-state index contributed by atoms with van der Waals surface area (Å²) in [4.78, 5) is 28.2. The number of anilines is 1. The fraction of sp³-hybridized carbons (Fsp3) is 0.308. The van der Waals surface area contributed by atoms with Crippen LogP contribution in [0.3, 0.4) is 0 Å². The Hall–Kier alpha value is -1.10. The minimum Gasteiger partial charge on any atom is -0.267 e. The van der Waals surface area contributed by atoms with Crippen LogP contribution in [0.5, 0.6) is 0 Å². The first-order valence-electron chi connectivity index (χ1n) is 6.09. The number of nitrogens with zero attached hydrogens (tertiary/aromatic N) is 3. The van der Waals surface area contributed by atoms with Crippen LogP contribution in [0.1, 0.15) is 19.4 Å². The molecule has 1 aromatic rings. The number of imide groups is 1. The molecule has 0 N–H and O–H groups in total. The summed E-state index contributed by atoms with van der Waals surface area (Å²) < 4.78 is 23.6. The second kappa shape index (κ2) is 5.84. The fourth-order valence-electron chi connectivity index (χ4n) is 1.92. The van der Waals surface area contributed by atoms with Crippen LogP contribution < -0.4 is 5.01 Å². The standard InChI is InChI=1S/C13H11BrF2IN3O2/c1-6-7(2)12(22)20(11(6)21)19(3)9-5-4-8(10(14)18-9)13(15,16)17/h4-5H,1-3H3. The van der Waals surface area contributed by atoms with Crippen LogP contribution >= 0.6 is 38.5 Å². The van der Waals surface area contributed by atoms with Crippen molar-refractivity contribution >= 4 is 56.2 Å². The predicted octanol–water partition coefficient (Wildman–Crippen LogP) is 3.38. The average molecular weight is 486 g/mol. The van der Waals surface area contributed by atoms with Gasteiger partial charge in [-0.2, -0.15) is 13.8 Å². The highest BCUT2D eigenvalue weighted by molar-refractivity contribution is 14.1. The van der Waals surface area contributed by atoms with E-state index in [-0.39, 0.29) is 16.0 Å². The quantitative estimate of drug-likeness (QED) is 0.285. The van der Waals surface area contributed by atoms with Gasteiger partial charge in [-0.25, -0.2) is 4.98 Å². The first-order valence-corrected chi connectivity index (χ1v) is 7.96. The van der Waals surface area contributed by atoms with Crippen molar-refractivity contribution in [2.24, 2.45) is 0 Å². The number of alkyl halides is 3. The summed E-state index contributed by atoms with van der Waals surface area (Å²) in [7, 11) is 1.47. The fourth-order valence-corrected chi connectivity index (χ4v) is 3.29. The summed E-state index contributed by atoms with van der Waals surface area (Å²) in [5, 5.41) is 2.17. The lowest BCUT2D eigenvalue weighted by Gasteiger charge is -2.27. The summed E-state index contributed by atoms with van der Waals surface area (Å²) in [6.45, 7) is 3.12. The Morgan fingerprint density at radius 3 is 2.14 bits per heavy atom. The number of carbonyl (C=O) groups excluding carboxylic acids is 2. The highest BCUT2D eigenvalue weighted by Crippen LogP contribution is 2.39. The zero-order valence-corrected chi connectivity index (χ0v) is 15.6. The van der Waals surface area contributed by atoms with E-state index in [2.05, 4.69) is 20.9 Å². The van der Waals surface area contributed by atoms with Crippen LogP contribution in [-0.4, -0.2) is 28.9 Å². The first kappa shape index (κ1) is 17.3. The van der Waals surface area contributed by atoms with Gasteiger partial charge in [0.2, 0.25) is 0 Å². The van der Waals surface area contributed by atoms with E-state index in [0.29, 0.717) is 11.1 Å². The van der Waals surface area contributed by atoms with Crippen LogP contribution in [0.15, 0.2) is 27.9 Å². The zero-order valence-electron chi connectivity index (χ0n) is 11.8. The molecule has 5 nitrogen and oxygen atoms in total. The number of halogens is 4. The zero-order chi connectivity index (χ0) is 16.8. The molecule has 0 fully saturated rings. The molecule has 22 heavy (non-hydrogen) atoms. The van der Waals surface area contributed by atoms with Gasteiger partial charge in [0.25, 0.3) is 11.8 Å². The Kier molecular flexibility index (Phi) is 4.58. The number of hydrogen-bond donors (Lipinski definition) is 0. The maximum Gasteiger partial charge on any atom is 0.324 e. The van der Waals surface area contributed by atoms with Crippen molar-refractivity contribution in [2.75, 3.05) is 12.1 Å². The van der Waals surface area contributed by atoms with Gasteiger partial charge in [-0.05, 0) is 41.9 Å². The monoisotopic (exact) mass is 485 g/mol. The van der Waals surface area contributed by atoms with Gasteiger partial charge in [-0.15, -0.1) is 0 Å². The summed E-state index contributed by atoms with van der Waals surface area (Å²) in [6.07, 6.45) is 0. The van der Waals surface area contributed by atoms with Gasteiger partial charge in [0.05, 0.1) is 5.56 Å². The highest BCUT2D eigenvalue weighted by Gasteiger charge is 2.37. The van der Waals surface area contributed by atoms with Crippen molar-refractivity contribution < 1.29 is 18.4 Å². The molecule has 2 heterocycles. The SMILES string of the molecule is CC1=C(C)C(=O)N(N(C)c2ccc(C(F)(F)I)c(Br)n2)C1=O. The topological polar surface area (TPSA) is 53.5 Å². The third kappa shape index (κ3) is 2.87. The molecule has 0 aliphatic carbocycles. The number of hydrogen-bond acceptors (Lipinski definition) is 4. The van der Waals surface area contributed by atoms with Gasteiger partial charge >= 0.3 is 3.93 Å². The number of pyridine rings is 1. The van der Waals surface area contributed by atoms with Crippen molar-refractivity contribution in [3.05, 3.63) is 33.4 Å². The van der Waals surface area contributed by atoms with E-state index in [4.69, 9.17) is 0 Å². The molecule has 0 saturated heterocycles. The van der Waals surface area contributed by atoms with Gasteiger partial charge in [0, 0.05) is 40.8 Å². The predicted molar refractivity (Wildman–Crippen MR) is 88.5 cm³/mol. The minimum absolute atomic E-state index is 0.0447. The number of hydrazine groups is 1. The first-order chi connectivity index (χ1) is 10.1. The normalized spacial score (nSPS) is 15.9. The van der Waals surface area contributed by atoms with E-state index in [1.54, 1.807) is 13.8 Å². The van der Waals surface area contributed by atoms with Crippen LogP contribution in [0.2, 0.25) is 0 Å². The lowest BCUT2D eigenvalue weighted by atomic mass is 10.2. The van der Waals surface area contributed by atoms with Crippen LogP contribution in [0, 0.1) is 0 Å². The van der Waals surface area contributed by atoms with Crippen molar-refractivity contribution in [1.29, 1.82) is 0 Å². The summed E-state index contributed by atoms with van der Waals surface area (Å²) in [6, 6.07) is 2.53. The van der Waals surface area contributed by atoms with Gasteiger partial charge in [-0.1, -0.05) is 0 Å². The van der Waals surface area contributed by atoms with Gasteiger partial charge in [0.1, 0.15) is 10.4 Å². The third-order valence-electron chi connectivity index (χ3n) is 3.36. The smallest absolute Gasteiger partial charge is 0.267 e. The van der Waals surface area contributed by atoms with Crippen molar-refractivity contribution in [3.63, 3.8) is 0 Å². The molecule has 0 unspecified atom stereocenters. The lowest BCUT2D eigenvalue weighted by Crippen LogP contribution is -2.45. The van der Waals surface area contributed by atoms with E-state index >= 15 is 0 Å². The molecule has 0 atom stereocenters. The van der Waals surface area contributed by atoms with Crippen molar-refractivity contribution in [1.82, 2.24) is 9.99 Å². The van der Waals surface area contributed by atoms with Crippen LogP contribution in [0.4, 0.5) is 14.6 Å². The largest absolute Gasteiger partial charge is 0.324 e. The highest BCUT2D eigenvalue weighted by atomic mass is 127. The molecule has 0 radical (unpaired) electrons.